The summed E-state index contributed by atoms with van der Waals surface area (Å²) < 4.78 is 5.71. The molecule has 1 N–H and O–H groups in total. The summed E-state index contributed by atoms with van der Waals surface area (Å²) in [6, 6.07) is 16.8. The molecule has 0 spiro atoms. The molecule has 2 aromatic heterocycles. The third-order valence-electron chi connectivity index (χ3n) is 4.04. The van der Waals surface area contributed by atoms with Gasteiger partial charge in [-0.15, -0.1) is 0 Å². The molecule has 0 aliphatic heterocycles. The van der Waals surface area contributed by atoms with Gasteiger partial charge in [0.1, 0.15) is 0 Å². The van der Waals surface area contributed by atoms with Crippen LogP contribution in [0.4, 0.5) is 5.69 Å². The Morgan fingerprint density at radius 3 is 2.42 bits per heavy atom. The highest BCUT2D eigenvalue weighted by Crippen LogP contribution is 2.24. The summed E-state index contributed by atoms with van der Waals surface area (Å²) in [7, 11) is 0. The van der Waals surface area contributed by atoms with E-state index in [0.29, 0.717) is 28.4 Å². The molecule has 0 aliphatic carbocycles. The van der Waals surface area contributed by atoms with Gasteiger partial charge in [-0.2, -0.15) is 4.98 Å². The van der Waals surface area contributed by atoms with E-state index in [2.05, 4.69) is 15.3 Å². The lowest BCUT2D eigenvalue weighted by atomic mass is 10.1. The van der Waals surface area contributed by atoms with Crippen LogP contribution < -0.4 is 5.32 Å². The SMILES string of the molecule is Cc1cc(C)cc(C(=O)Nc2ccc(-c3nc4ncccc4o3)cc2)c1. The Morgan fingerprint density at radius 2 is 1.73 bits per heavy atom. The Kier molecular flexibility index (Phi) is 3.97. The van der Waals surface area contributed by atoms with Crippen LogP contribution in [0.5, 0.6) is 0 Å². The quantitative estimate of drug-likeness (QED) is 0.582. The fourth-order valence-corrected chi connectivity index (χ4v) is 2.90. The lowest BCUT2D eigenvalue weighted by Gasteiger charge is -2.07. The molecule has 0 bridgehead atoms. The Morgan fingerprint density at radius 1 is 1.00 bits per heavy atom. The Labute approximate surface area is 150 Å². The minimum absolute atomic E-state index is 0.129. The summed E-state index contributed by atoms with van der Waals surface area (Å²) in [5.41, 5.74) is 5.55. The lowest BCUT2D eigenvalue weighted by Crippen LogP contribution is -2.12. The van der Waals surface area contributed by atoms with Crippen LogP contribution in [0.1, 0.15) is 21.5 Å². The molecule has 5 nitrogen and oxygen atoms in total. The zero-order valence-electron chi connectivity index (χ0n) is 14.5. The number of hydrogen-bond acceptors (Lipinski definition) is 4. The fourth-order valence-electron chi connectivity index (χ4n) is 2.90. The summed E-state index contributed by atoms with van der Waals surface area (Å²) in [5.74, 6) is 0.376. The number of fused-ring (bicyclic) bond motifs is 1. The van der Waals surface area contributed by atoms with Gasteiger partial charge in [-0.1, -0.05) is 17.2 Å². The number of amides is 1. The van der Waals surface area contributed by atoms with E-state index >= 15 is 0 Å². The number of anilines is 1. The van der Waals surface area contributed by atoms with Crippen LogP contribution in [0.3, 0.4) is 0 Å². The van der Waals surface area contributed by atoms with E-state index < -0.39 is 0 Å². The number of hydrogen-bond donors (Lipinski definition) is 1. The number of benzene rings is 2. The predicted octanol–water partition coefficient (Wildman–Crippen LogP) is 4.76. The van der Waals surface area contributed by atoms with E-state index in [9.17, 15) is 4.79 Å². The number of pyridine rings is 1. The summed E-state index contributed by atoms with van der Waals surface area (Å²) in [5, 5.41) is 2.92. The molecule has 5 heteroatoms. The van der Waals surface area contributed by atoms with Crippen LogP contribution in [-0.2, 0) is 0 Å². The van der Waals surface area contributed by atoms with E-state index in [1.165, 1.54) is 0 Å². The zero-order valence-corrected chi connectivity index (χ0v) is 14.5. The molecule has 4 aromatic rings. The number of carbonyl (C=O) groups is 1. The summed E-state index contributed by atoms with van der Waals surface area (Å²) in [4.78, 5) is 21.0. The van der Waals surface area contributed by atoms with Crippen LogP contribution in [-0.4, -0.2) is 15.9 Å². The highest BCUT2D eigenvalue weighted by Gasteiger charge is 2.10. The Balaban J connectivity index is 1.55. The second-order valence-electron chi connectivity index (χ2n) is 6.25. The largest absolute Gasteiger partial charge is 0.434 e. The average molecular weight is 343 g/mol. The standard InChI is InChI=1S/C21H17N3O2/c1-13-10-14(2)12-16(11-13)20(25)23-17-7-5-15(6-8-17)21-24-19-18(26-21)4-3-9-22-19/h3-12H,1-2H3,(H,23,25). The van der Waals surface area contributed by atoms with Crippen molar-refractivity contribution in [3.8, 4) is 11.5 Å². The fraction of sp³-hybridized carbons (Fsp3) is 0.0952. The molecule has 2 heterocycles. The maximum absolute atomic E-state index is 12.4. The van der Waals surface area contributed by atoms with E-state index in [1.54, 1.807) is 6.20 Å². The number of nitrogens with one attached hydrogen (secondary N) is 1. The summed E-state index contributed by atoms with van der Waals surface area (Å²) in [6.45, 7) is 3.96. The smallest absolute Gasteiger partial charge is 0.255 e. The van der Waals surface area contributed by atoms with Gasteiger partial charge in [-0.25, -0.2) is 4.98 Å². The van der Waals surface area contributed by atoms with Gasteiger partial charge in [0.2, 0.25) is 5.89 Å². The molecular weight excluding hydrogens is 326 g/mol. The summed E-state index contributed by atoms with van der Waals surface area (Å²) in [6.07, 6.45) is 1.68. The van der Waals surface area contributed by atoms with Gasteiger partial charge in [-0.3, -0.25) is 4.79 Å². The molecule has 0 fully saturated rings. The first-order valence-corrected chi connectivity index (χ1v) is 8.30. The van der Waals surface area contributed by atoms with Crippen LogP contribution in [0.25, 0.3) is 22.7 Å². The Hall–Kier alpha value is -3.47. The van der Waals surface area contributed by atoms with Crippen molar-refractivity contribution >= 4 is 22.8 Å². The number of aromatic nitrogens is 2. The highest BCUT2D eigenvalue weighted by atomic mass is 16.3. The van der Waals surface area contributed by atoms with Crippen molar-refractivity contribution in [3.05, 3.63) is 77.5 Å². The molecule has 0 radical (unpaired) electrons. The van der Waals surface area contributed by atoms with Crippen molar-refractivity contribution in [2.45, 2.75) is 13.8 Å². The average Bonchev–Trinajstić information content (AvgIpc) is 3.05. The highest BCUT2D eigenvalue weighted by molar-refractivity contribution is 6.04. The molecule has 2 aromatic carbocycles. The maximum Gasteiger partial charge on any atom is 0.255 e. The van der Waals surface area contributed by atoms with Gasteiger partial charge in [-0.05, 0) is 62.4 Å². The number of carbonyl (C=O) groups excluding carboxylic acids is 1. The predicted molar refractivity (Wildman–Crippen MR) is 101 cm³/mol. The van der Waals surface area contributed by atoms with Gasteiger partial charge >= 0.3 is 0 Å². The zero-order chi connectivity index (χ0) is 18.1. The first-order chi connectivity index (χ1) is 12.6. The van der Waals surface area contributed by atoms with E-state index in [1.807, 2.05) is 68.4 Å². The minimum atomic E-state index is -0.129. The van der Waals surface area contributed by atoms with Crippen molar-refractivity contribution in [2.75, 3.05) is 5.32 Å². The van der Waals surface area contributed by atoms with Crippen molar-refractivity contribution in [1.29, 1.82) is 0 Å². The molecule has 26 heavy (non-hydrogen) atoms. The molecule has 0 atom stereocenters. The van der Waals surface area contributed by atoms with E-state index in [0.717, 1.165) is 16.7 Å². The number of aryl methyl sites for hydroxylation is 2. The lowest BCUT2D eigenvalue weighted by molar-refractivity contribution is 0.102. The second-order valence-corrected chi connectivity index (χ2v) is 6.25. The molecule has 128 valence electrons. The van der Waals surface area contributed by atoms with Gasteiger partial charge in [0, 0.05) is 23.0 Å². The molecule has 0 aliphatic rings. The molecule has 4 rings (SSSR count). The molecule has 0 saturated heterocycles. The van der Waals surface area contributed by atoms with Crippen LogP contribution >= 0.6 is 0 Å². The van der Waals surface area contributed by atoms with Crippen LogP contribution in [0, 0.1) is 13.8 Å². The van der Waals surface area contributed by atoms with Gasteiger partial charge in [0.25, 0.3) is 5.91 Å². The third-order valence-corrected chi connectivity index (χ3v) is 4.04. The molecule has 0 unspecified atom stereocenters. The van der Waals surface area contributed by atoms with Gasteiger partial charge in [0.15, 0.2) is 11.2 Å². The van der Waals surface area contributed by atoms with Crippen molar-refractivity contribution in [2.24, 2.45) is 0 Å². The topological polar surface area (TPSA) is 68.0 Å². The van der Waals surface area contributed by atoms with Gasteiger partial charge in [0.05, 0.1) is 0 Å². The number of oxazole rings is 1. The molecule has 1 amide bonds. The first kappa shape index (κ1) is 16.0. The van der Waals surface area contributed by atoms with E-state index in [4.69, 9.17) is 4.42 Å². The third kappa shape index (κ3) is 3.19. The maximum atomic E-state index is 12.4. The van der Waals surface area contributed by atoms with Crippen LogP contribution in [0.15, 0.2) is 65.2 Å². The number of rotatable bonds is 3. The molecule has 0 saturated carbocycles. The number of nitrogens with zero attached hydrogens (tertiary/aromatic N) is 2. The summed E-state index contributed by atoms with van der Waals surface area (Å²) >= 11 is 0. The first-order valence-electron chi connectivity index (χ1n) is 8.30. The minimum Gasteiger partial charge on any atom is -0.434 e. The van der Waals surface area contributed by atoms with E-state index in [-0.39, 0.29) is 5.91 Å². The second kappa shape index (κ2) is 6.44. The van der Waals surface area contributed by atoms with Crippen molar-refractivity contribution in [3.63, 3.8) is 0 Å². The monoisotopic (exact) mass is 343 g/mol. The Bertz CT molecular complexity index is 1040. The van der Waals surface area contributed by atoms with Crippen molar-refractivity contribution < 1.29 is 9.21 Å². The van der Waals surface area contributed by atoms with Crippen molar-refractivity contribution in [1.82, 2.24) is 9.97 Å². The normalized spacial score (nSPS) is 10.8. The van der Waals surface area contributed by atoms with Crippen LogP contribution in [0.2, 0.25) is 0 Å². The van der Waals surface area contributed by atoms with Gasteiger partial charge < -0.3 is 9.73 Å². The molecular formula is C21H17N3O2.